The Kier molecular flexibility index (Phi) is 4.12. The number of halogens is 1. The van der Waals surface area contributed by atoms with Gasteiger partial charge in [0, 0.05) is 24.4 Å². The van der Waals surface area contributed by atoms with Crippen LogP contribution in [0.5, 0.6) is 0 Å². The van der Waals surface area contributed by atoms with Crippen LogP contribution in [-0.4, -0.2) is 29.3 Å². The maximum atomic E-state index is 12.2. The summed E-state index contributed by atoms with van der Waals surface area (Å²) in [6, 6.07) is 0. The van der Waals surface area contributed by atoms with E-state index in [1.807, 2.05) is 4.90 Å². The van der Waals surface area contributed by atoms with E-state index in [-0.39, 0.29) is 5.38 Å². The molecule has 16 heavy (non-hydrogen) atoms. The third-order valence-corrected chi connectivity index (χ3v) is 4.54. The fraction of sp³-hybridized carbons (Fsp3) is 0.923. The fourth-order valence-electron chi connectivity index (χ4n) is 2.83. The number of nitrogens with zero attached hydrogens (tertiary/aromatic N) is 1. The summed E-state index contributed by atoms with van der Waals surface area (Å²) >= 11 is 6.05. The van der Waals surface area contributed by atoms with Crippen LogP contribution in [0.4, 0.5) is 0 Å². The van der Waals surface area contributed by atoms with Crippen molar-refractivity contribution < 1.29 is 4.79 Å². The standard InChI is InChI=1S/C13H22ClNO/c1-10-2-4-11(5-3-10)13(16)15-8-6-12(14)7-9-15/h10-12H,2-9H2,1H3. The van der Waals surface area contributed by atoms with Crippen LogP contribution in [0.15, 0.2) is 0 Å². The van der Waals surface area contributed by atoms with Crippen LogP contribution in [-0.2, 0) is 4.79 Å². The second kappa shape index (κ2) is 5.39. The molecule has 0 spiro atoms. The van der Waals surface area contributed by atoms with Crippen LogP contribution < -0.4 is 0 Å². The summed E-state index contributed by atoms with van der Waals surface area (Å²) < 4.78 is 0. The number of amides is 1. The van der Waals surface area contributed by atoms with Gasteiger partial charge in [-0.15, -0.1) is 11.6 Å². The normalized spacial score (nSPS) is 32.8. The van der Waals surface area contributed by atoms with Crippen LogP contribution in [0.1, 0.15) is 45.4 Å². The molecule has 0 aromatic heterocycles. The molecule has 0 radical (unpaired) electrons. The minimum atomic E-state index is 0.287. The Morgan fingerprint density at radius 2 is 1.62 bits per heavy atom. The van der Waals surface area contributed by atoms with Crippen molar-refractivity contribution in [1.29, 1.82) is 0 Å². The third kappa shape index (κ3) is 2.91. The van der Waals surface area contributed by atoms with Gasteiger partial charge in [0.25, 0.3) is 0 Å². The van der Waals surface area contributed by atoms with E-state index < -0.39 is 0 Å². The van der Waals surface area contributed by atoms with Gasteiger partial charge in [-0.3, -0.25) is 4.79 Å². The monoisotopic (exact) mass is 243 g/mol. The van der Waals surface area contributed by atoms with Crippen LogP contribution in [0.3, 0.4) is 0 Å². The maximum absolute atomic E-state index is 12.2. The molecule has 2 rings (SSSR count). The van der Waals surface area contributed by atoms with Crippen molar-refractivity contribution in [2.75, 3.05) is 13.1 Å². The largest absolute Gasteiger partial charge is 0.342 e. The second-order valence-corrected chi connectivity index (χ2v) is 6.07. The van der Waals surface area contributed by atoms with E-state index in [1.165, 1.54) is 12.8 Å². The van der Waals surface area contributed by atoms with E-state index in [4.69, 9.17) is 11.6 Å². The maximum Gasteiger partial charge on any atom is 0.225 e. The smallest absolute Gasteiger partial charge is 0.225 e. The van der Waals surface area contributed by atoms with Crippen molar-refractivity contribution in [2.45, 2.75) is 50.8 Å². The molecule has 3 heteroatoms. The second-order valence-electron chi connectivity index (χ2n) is 5.46. The SMILES string of the molecule is CC1CCC(C(=O)N2CCC(Cl)CC2)CC1. The Labute approximate surface area is 103 Å². The molecule has 1 saturated heterocycles. The summed E-state index contributed by atoms with van der Waals surface area (Å²) in [6.07, 6.45) is 6.58. The average molecular weight is 244 g/mol. The Hall–Kier alpha value is -0.240. The number of carbonyl (C=O) groups excluding carboxylic acids is 1. The number of piperidine rings is 1. The predicted molar refractivity (Wildman–Crippen MR) is 66.6 cm³/mol. The van der Waals surface area contributed by atoms with E-state index in [9.17, 15) is 4.79 Å². The van der Waals surface area contributed by atoms with E-state index in [1.54, 1.807) is 0 Å². The molecule has 0 aromatic carbocycles. The summed E-state index contributed by atoms with van der Waals surface area (Å²) in [6.45, 7) is 4.04. The van der Waals surface area contributed by atoms with Crippen molar-refractivity contribution in [3.05, 3.63) is 0 Å². The molecule has 2 nitrogen and oxygen atoms in total. The highest BCUT2D eigenvalue weighted by atomic mass is 35.5. The van der Waals surface area contributed by atoms with Crippen molar-refractivity contribution in [1.82, 2.24) is 4.90 Å². The first kappa shape index (κ1) is 12.2. The summed E-state index contributed by atoms with van der Waals surface area (Å²) in [5, 5.41) is 0.287. The first-order chi connectivity index (χ1) is 7.66. The van der Waals surface area contributed by atoms with Crippen LogP contribution in [0.2, 0.25) is 0 Å². The molecule has 92 valence electrons. The molecule has 1 aliphatic heterocycles. The lowest BCUT2D eigenvalue weighted by atomic mass is 9.82. The van der Waals surface area contributed by atoms with Gasteiger partial charge in [0.15, 0.2) is 0 Å². The van der Waals surface area contributed by atoms with Crippen molar-refractivity contribution in [3.63, 3.8) is 0 Å². The van der Waals surface area contributed by atoms with Gasteiger partial charge in [0.05, 0.1) is 0 Å². The lowest BCUT2D eigenvalue weighted by Gasteiger charge is -2.34. The van der Waals surface area contributed by atoms with E-state index in [0.717, 1.165) is 44.7 Å². The van der Waals surface area contributed by atoms with Crippen molar-refractivity contribution >= 4 is 17.5 Å². The molecule has 1 heterocycles. The highest BCUT2D eigenvalue weighted by Gasteiger charge is 2.29. The molecule has 0 atom stereocenters. The molecule has 0 unspecified atom stereocenters. The van der Waals surface area contributed by atoms with Crippen LogP contribution in [0, 0.1) is 11.8 Å². The van der Waals surface area contributed by atoms with Gasteiger partial charge in [-0.25, -0.2) is 0 Å². The zero-order valence-corrected chi connectivity index (χ0v) is 10.9. The highest BCUT2D eigenvalue weighted by molar-refractivity contribution is 6.20. The van der Waals surface area contributed by atoms with Gasteiger partial charge < -0.3 is 4.90 Å². The zero-order valence-electron chi connectivity index (χ0n) is 10.1. The zero-order chi connectivity index (χ0) is 11.5. The predicted octanol–water partition coefficient (Wildman–Crippen LogP) is 3.04. The Balaban J connectivity index is 1.83. The summed E-state index contributed by atoms with van der Waals surface area (Å²) in [5.41, 5.74) is 0. The van der Waals surface area contributed by atoms with Gasteiger partial charge in [0.1, 0.15) is 0 Å². The number of rotatable bonds is 1. The van der Waals surface area contributed by atoms with Gasteiger partial charge in [-0.2, -0.15) is 0 Å². The van der Waals surface area contributed by atoms with Crippen LogP contribution in [0.25, 0.3) is 0 Å². The number of alkyl halides is 1. The third-order valence-electron chi connectivity index (χ3n) is 4.10. The molecule has 0 N–H and O–H groups in total. The number of hydrogen-bond donors (Lipinski definition) is 0. The average Bonchev–Trinajstić information content (AvgIpc) is 2.30. The quantitative estimate of drug-likeness (QED) is 0.649. The molecule has 1 aliphatic carbocycles. The molecular weight excluding hydrogens is 222 g/mol. The van der Waals surface area contributed by atoms with E-state index in [0.29, 0.717) is 11.8 Å². The number of hydrogen-bond acceptors (Lipinski definition) is 1. The highest BCUT2D eigenvalue weighted by Crippen LogP contribution is 2.30. The van der Waals surface area contributed by atoms with Crippen molar-refractivity contribution in [2.24, 2.45) is 11.8 Å². The summed E-state index contributed by atoms with van der Waals surface area (Å²) in [5.74, 6) is 1.52. The lowest BCUT2D eigenvalue weighted by Crippen LogP contribution is -2.42. The molecular formula is C13H22ClNO. The number of carbonyl (C=O) groups is 1. The molecule has 2 aliphatic rings. The van der Waals surface area contributed by atoms with Gasteiger partial charge >= 0.3 is 0 Å². The Morgan fingerprint density at radius 3 is 2.19 bits per heavy atom. The van der Waals surface area contributed by atoms with Gasteiger partial charge in [-0.1, -0.05) is 6.92 Å². The lowest BCUT2D eigenvalue weighted by molar-refractivity contribution is -0.137. The minimum Gasteiger partial charge on any atom is -0.342 e. The molecule has 0 aromatic rings. The summed E-state index contributed by atoms with van der Waals surface area (Å²) in [7, 11) is 0. The van der Waals surface area contributed by atoms with E-state index >= 15 is 0 Å². The first-order valence-electron chi connectivity index (χ1n) is 6.59. The minimum absolute atomic E-state index is 0.287. The number of likely N-dealkylation sites (tertiary alicyclic amines) is 1. The summed E-state index contributed by atoms with van der Waals surface area (Å²) in [4.78, 5) is 14.3. The first-order valence-corrected chi connectivity index (χ1v) is 7.03. The fourth-order valence-corrected chi connectivity index (χ4v) is 3.03. The van der Waals surface area contributed by atoms with Crippen LogP contribution >= 0.6 is 11.6 Å². The van der Waals surface area contributed by atoms with Gasteiger partial charge in [-0.05, 0) is 44.4 Å². The molecule has 2 fully saturated rings. The van der Waals surface area contributed by atoms with Gasteiger partial charge in [0.2, 0.25) is 5.91 Å². The van der Waals surface area contributed by atoms with Crippen molar-refractivity contribution in [3.8, 4) is 0 Å². The topological polar surface area (TPSA) is 20.3 Å². The molecule has 1 saturated carbocycles. The Bertz CT molecular complexity index is 216. The molecule has 0 bridgehead atoms. The molecule has 1 amide bonds. The van der Waals surface area contributed by atoms with E-state index in [2.05, 4.69) is 6.92 Å². The Morgan fingerprint density at radius 1 is 1.06 bits per heavy atom.